The highest BCUT2D eigenvalue weighted by Gasteiger charge is 2.40. The minimum atomic E-state index is -0.686. The molecule has 0 amide bonds. The first-order chi connectivity index (χ1) is 6.86. The van der Waals surface area contributed by atoms with Gasteiger partial charge in [-0.15, -0.1) is 0 Å². The van der Waals surface area contributed by atoms with Crippen LogP contribution in [0.15, 0.2) is 0 Å². The number of rotatable bonds is 2. The lowest BCUT2D eigenvalue weighted by Crippen LogP contribution is -2.58. The molecule has 0 saturated heterocycles. The molecular weight excluding hydrogens is 190 g/mol. The van der Waals surface area contributed by atoms with Gasteiger partial charge in [-0.05, 0) is 33.6 Å². The van der Waals surface area contributed by atoms with Gasteiger partial charge < -0.3 is 5.11 Å². The summed E-state index contributed by atoms with van der Waals surface area (Å²) in [6.07, 6.45) is 5.91. The van der Waals surface area contributed by atoms with Crippen LogP contribution in [-0.4, -0.2) is 22.2 Å². The molecule has 0 aromatic heterocycles. The van der Waals surface area contributed by atoms with E-state index in [4.69, 9.17) is 0 Å². The molecule has 1 rings (SSSR count). The van der Waals surface area contributed by atoms with E-state index in [9.17, 15) is 9.90 Å². The minimum Gasteiger partial charge on any atom is -0.480 e. The average Bonchev–Trinajstić information content (AvgIpc) is 2.28. The van der Waals surface area contributed by atoms with Crippen molar-refractivity contribution < 1.29 is 9.90 Å². The number of hydrogen-bond donors (Lipinski definition) is 2. The van der Waals surface area contributed by atoms with Crippen molar-refractivity contribution in [2.45, 2.75) is 70.4 Å². The molecule has 0 atom stereocenters. The van der Waals surface area contributed by atoms with Crippen molar-refractivity contribution in [3.8, 4) is 0 Å². The van der Waals surface area contributed by atoms with E-state index in [0.29, 0.717) is 0 Å². The van der Waals surface area contributed by atoms with E-state index >= 15 is 0 Å². The highest BCUT2D eigenvalue weighted by Crippen LogP contribution is 2.29. The summed E-state index contributed by atoms with van der Waals surface area (Å²) in [5, 5.41) is 12.7. The van der Waals surface area contributed by atoms with Gasteiger partial charge in [0.1, 0.15) is 5.54 Å². The quantitative estimate of drug-likeness (QED) is 0.693. The lowest BCUT2D eigenvalue weighted by atomic mass is 9.87. The molecule has 0 aromatic rings. The molecule has 3 nitrogen and oxygen atoms in total. The number of carbonyl (C=O) groups is 1. The van der Waals surface area contributed by atoms with Crippen molar-refractivity contribution in [3.63, 3.8) is 0 Å². The van der Waals surface area contributed by atoms with E-state index in [1.165, 1.54) is 12.8 Å². The van der Waals surface area contributed by atoms with Crippen molar-refractivity contribution in [1.29, 1.82) is 0 Å². The molecule has 0 bridgehead atoms. The average molecular weight is 213 g/mol. The van der Waals surface area contributed by atoms with Gasteiger partial charge >= 0.3 is 5.97 Å². The first-order valence-corrected chi connectivity index (χ1v) is 5.88. The van der Waals surface area contributed by atoms with E-state index < -0.39 is 11.5 Å². The zero-order valence-electron chi connectivity index (χ0n) is 10.1. The molecule has 1 aliphatic carbocycles. The van der Waals surface area contributed by atoms with Crippen LogP contribution in [0.3, 0.4) is 0 Å². The molecule has 1 saturated carbocycles. The van der Waals surface area contributed by atoms with Gasteiger partial charge in [0.15, 0.2) is 0 Å². The molecule has 0 heterocycles. The third kappa shape index (κ3) is 3.49. The van der Waals surface area contributed by atoms with Crippen LogP contribution in [0.4, 0.5) is 0 Å². The van der Waals surface area contributed by atoms with Gasteiger partial charge in [-0.1, -0.05) is 25.7 Å². The maximum atomic E-state index is 11.4. The first-order valence-electron chi connectivity index (χ1n) is 5.88. The third-order valence-corrected chi connectivity index (χ3v) is 2.98. The maximum absolute atomic E-state index is 11.4. The fourth-order valence-corrected chi connectivity index (χ4v) is 2.44. The monoisotopic (exact) mass is 213 g/mol. The Morgan fingerprint density at radius 2 is 1.60 bits per heavy atom. The van der Waals surface area contributed by atoms with Gasteiger partial charge in [0.25, 0.3) is 0 Å². The summed E-state index contributed by atoms with van der Waals surface area (Å²) in [7, 11) is 0. The molecular formula is C12H23NO2. The van der Waals surface area contributed by atoms with Gasteiger partial charge in [0.2, 0.25) is 0 Å². The predicted molar refractivity (Wildman–Crippen MR) is 61.0 cm³/mol. The third-order valence-electron chi connectivity index (χ3n) is 2.98. The van der Waals surface area contributed by atoms with Crippen LogP contribution in [0.1, 0.15) is 59.3 Å². The van der Waals surface area contributed by atoms with Crippen LogP contribution in [0.25, 0.3) is 0 Å². The van der Waals surface area contributed by atoms with Crippen molar-refractivity contribution in [3.05, 3.63) is 0 Å². The van der Waals surface area contributed by atoms with Crippen LogP contribution >= 0.6 is 0 Å². The lowest BCUT2D eigenvalue weighted by Gasteiger charge is -2.36. The molecule has 2 N–H and O–H groups in total. The second-order valence-electron chi connectivity index (χ2n) is 5.68. The smallest absolute Gasteiger partial charge is 0.323 e. The molecule has 0 unspecified atom stereocenters. The van der Waals surface area contributed by atoms with Gasteiger partial charge in [-0.3, -0.25) is 10.1 Å². The molecule has 0 aliphatic heterocycles. The Morgan fingerprint density at radius 3 is 1.93 bits per heavy atom. The van der Waals surface area contributed by atoms with Crippen molar-refractivity contribution in [2.24, 2.45) is 0 Å². The fraction of sp³-hybridized carbons (Fsp3) is 0.917. The normalized spacial score (nSPS) is 22.1. The number of carboxylic acids is 1. The molecule has 0 aromatic carbocycles. The molecule has 0 spiro atoms. The number of aliphatic carboxylic acids is 1. The van der Waals surface area contributed by atoms with Gasteiger partial charge in [-0.25, -0.2) is 0 Å². The van der Waals surface area contributed by atoms with Crippen LogP contribution in [-0.2, 0) is 4.79 Å². The number of nitrogens with one attached hydrogen (secondary N) is 1. The number of hydrogen-bond acceptors (Lipinski definition) is 2. The largest absolute Gasteiger partial charge is 0.480 e. The van der Waals surface area contributed by atoms with E-state index in [1.807, 2.05) is 20.8 Å². The Bertz CT molecular complexity index is 222. The zero-order chi connectivity index (χ0) is 11.5. The van der Waals surface area contributed by atoms with Crippen LogP contribution in [0, 0.1) is 0 Å². The molecule has 1 aliphatic rings. The summed E-state index contributed by atoms with van der Waals surface area (Å²) in [5.41, 5.74) is -0.822. The second kappa shape index (κ2) is 4.52. The van der Waals surface area contributed by atoms with Crippen molar-refractivity contribution in [1.82, 2.24) is 5.32 Å². The molecule has 3 heteroatoms. The van der Waals surface area contributed by atoms with Crippen LogP contribution in [0.5, 0.6) is 0 Å². The first kappa shape index (κ1) is 12.5. The Labute approximate surface area is 92.3 Å². The fourth-order valence-electron chi connectivity index (χ4n) is 2.44. The predicted octanol–water partition coefficient (Wildman–Crippen LogP) is 2.55. The summed E-state index contributed by atoms with van der Waals surface area (Å²) in [4.78, 5) is 11.4. The number of carboxylic acid groups (broad SMARTS) is 1. The van der Waals surface area contributed by atoms with Crippen LogP contribution < -0.4 is 5.32 Å². The maximum Gasteiger partial charge on any atom is 0.323 e. The van der Waals surface area contributed by atoms with E-state index in [0.717, 1.165) is 25.7 Å². The van der Waals surface area contributed by atoms with Crippen molar-refractivity contribution in [2.75, 3.05) is 0 Å². The Balaban J connectivity index is 2.81. The molecule has 15 heavy (non-hydrogen) atoms. The summed E-state index contributed by atoms with van der Waals surface area (Å²) in [6, 6.07) is 0. The summed E-state index contributed by atoms with van der Waals surface area (Å²) < 4.78 is 0. The molecule has 1 fully saturated rings. The summed E-state index contributed by atoms with van der Waals surface area (Å²) in [6.45, 7) is 6.09. The highest BCUT2D eigenvalue weighted by molar-refractivity contribution is 5.79. The van der Waals surface area contributed by atoms with Crippen molar-refractivity contribution >= 4 is 5.97 Å². The minimum absolute atomic E-state index is 0.136. The Kier molecular flexibility index (Phi) is 3.77. The highest BCUT2D eigenvalue weighted by atomic mass is 16.4. The molecule has 88 valence electrons. The van der Waals surface area contributed by atoms with Gasteiger partial charge in [-0.2, -0.15) is 0 Å². The zero-order valence-corrected chi connectivity index (χ0v) is 10.1. The Morgan fingerprint density at radius 1 is 1.13 bits per heavy atom. The van der Waals surface area contributed by atoms with E-state index in [1.54, 1.807) is 0 Å². The summed E-state index contributed by atoms with van der Waals surface area (Å²) in [5.74, 6) is -0.681. The second-order valence-corrected chi connectivity index (χ2v) is 5.68. The van der Waals surface area contributed by atoms with Gasteiger partial charge in [0, 0.05) is 5.54 Å². The van der Waals surface area contributed by atoms with Gasteiger partial charge in [0.05, 0.1) is 0 Å². The lowest BCUT2D eigenvalue weighted by molar-refractivity contribution is -0.146. The molecule has 0 radical (unpaired) electrons. The summed E-state index contributed by atoms with van der Waals surface area (Å²) >= 11 is 0. The SMILES string of the molecule is CC(C)(C)NC1(C(=O)O)CCCCCC1. The van der Waals surface area contributed by atoms with E-state index in [-0.39, 0.29) is 5.54 Å². The van der Waals surface area contributed by atoms with E-state index in [2.05, 4.69) is 5.32 Å². The topological polar surface area (TPSA) is 49.3 Å². The van der Waals surface area contributed by atoms with Crippen LogP contribution in [0.2, 0.25) is 0 Å². The Hall–Kier alpha value is -0.570. The standard InChI is InChI=1S/C12H23NO2/c1-11(2,3)13-12(10(14)15)8-6-4-5-7-9-12/h13H,4-9H2,1-3H3,(H,14,15).